The number of benzene rings is 2. The van der Waals surface area contributed by atoms with Crippen LogP contribution in [-0.2, 0) is 4.79 Å². The topological polar surface area (TPSA) is 52.6 Å². The molecule has 1 atom stereocenters. The second-order valence-corrected chi connectivity index (χ2v) is 7.28. The molecule has 0 aromatic heterocycles. The molecule has 3 rings (SSSR count). The number of aliphatic hydroxyl groups excluding tert-OH is 1. The molecule has 1 aliphatic rings. The van der Waals surface area contributed by atoms with Gasteiger partial charge < -0.3 is 10.4 Å². The van der Waals surface area contributed by atoms with Crippen LogP contribution in [0.3, 0.4) is 0 Å². The first-order chi connectivity index (χ1) is 12.5. The van der Waals surface area contributed by atoms with Gasteiger partial charge in [0, 0.05) is 5.69 Å². The molecule has 26 heavy (non-hydrogen) atoms. The van der Waals surface area contributed by atoms with Gasteiger partial charge in [-0.3, -0.25) is 9.69 Å². The van der Waals surface area contributed by atoms with Crippen molar-refractivity contribution < 1.29 is 9.90 Å². The van der Waals surface area contributed by atoms with E-state index in [0.29, 0.717) is 6.54 Å². The Morgan fingerprint density at radius 2 is 1.69 bits per heavy atom. The molecule has 1 aliphatic heterocycles. The number of hydrogen-bond donors (Lipinski definition) is 2. The molecule has 2 N–H and O–H groups in total. The number of rotatable bonds is 5. The van der Waals surface area contributed by atoms with E-state index < -0.39 is 6.10 Å². The number of aliphatic hydroxyl groups is 1. The Hall–Kier alpha value is -2.17. The lowest BCUT2D eigenvalue weighted by molar-refractivity contribution is -0.117. The Balaban J connectivity index is 1.50. The molecule has 2 aromatic carbocycles. The fourth-order valence-electron chi connectivity index (χ4n) is 3.74. The summed E-state index contributed by atoms with van der Waals surface area (Å²) < 4.78 is 0. The van der Waals surface area contributed by atoms with Crippen molar-refractivity contribution in [3.05, 3.63) is 65.2 Å². The van der Waals surface area contributed by atoms with Crippen LogP contribution in [0.2, 0.25) is 0 Å². The van der Waals surface area contributed by atoms with Crippen molar-refractivity contribution in [2.75, 3.05) is 25.0 Å². The van der Waals surface area contributed by atoms with Crippen LogP contribution in [-0.4, -0.2) is 35.5 Å². The van der Waals surface area contributed by atoms with Gasteiger partial charge in [-0.25, -0.2) is 0 Å². The van der Waals surface area contributed by atoms with E-state index in [1.807, 2.05) is 62.4 Å². The van der Waals surface area contributed by atoms with E-state index in [1.54, 1.807) is 0 Å². The summed E-state index contributed by atoms with van der Waals surface area (Å²) in [5.74, 6) is 0.291. The van der Waals surface area contributed by atoms with Crippen molar-refractivity contribution in [2.24, 2.45) is 5.92 Å². The predicted octanol–water partition coefficient (Wildman–Crippen LogP) is 3.69. The van der Waals surface area contributed by atoms with Gasteiger partial charge in [0.2, 0.25) is 5.91 Å². The third-order valence-corrected chi connectivity index (χ3v) is 5.33. The zero-order chi connectivity index (χ0) is 18.5. The van der Waals surface area contributed by atoms with Crippen LogP contribution in [0.25, 0.3) is 0 Å². The highest BCUT2D eigenvalue weighted by Crippen LogP contribution is 2.30. The van der Waals surface area contributed by atoms with Gasteiger partial charge in [0.1, 0.15) is 0 Å². The molecule has 1 amide bonds. The van der Waals surface area contributed by atoms with E-state index in [2.05, 4.69) is 10.2 Å². The number of anilines is 1. The van der Waals surface area contributed by atoms with Gasteiger partial charge in [0.25, 0.3) is 0 Å². The number of aryl methyl sites for hydroxylation is 2. The van der Waals surface area contributed by atoms with Crippen LogP contribution < -0.4 is 5.32 Å². The Morgan fingerprint density at radius 3 is 2.31 bits per heavy atom. The highest BCUT2D eigenvalue weighted by molar-refractivity contribution is 5.93. The average molecular weight is 352 g/mol. The Bertz CT molecular complexity index is 717. The number of piperidine rings is 1. The second-order valence-electron chi connectivity index (χ2n) is 7.28. The molecule has 0 saturated carbocycles. The average Bonchev–Trinajstić information content (AvgIpc) is 2.66. The molecule has 4 nitrogen and oxygen atoms in total. The van der Waals surface area contributed by atoms with Crippen LogP contribution in [0.4, 0.5) is 5.69 Å². The number of nitrogens with one attached hydrogen (secondary N) is 1. The van der Waals surface area contributed by atoms with Gasteiger partial charge in [0.05, 0.1) is 12.6 Å². The predicted molar refractivity (Wildman–Crippen MR) is 105 cm³/mol. The zero-order valence-electron chi connectivity index (χ0n) is 15.6. The minimum Gasteiger partial charge on any atom is -0.388 e. The fourth-order valence-corrected chi connectivity index (χ4v) is 3.74. The molecule has 1 fully saturated rings. The quantitative estimate of drug-likeness (QED) is 0.863. The number of amides is 1. The fraction of sp³-hybridized carbons (Fsp3) is 0.409. The van der Waals surface area contributed by atoms with Crippen LogP contribution in [0.1, 0.15) is 35.6 Å². The van der Waals surface area contributed by atoms with Crippen molar-refractivity contribution in [1.82, 2.24) is 4.90 Å². The molecule has 1 saturated heterocycles. The number of hydrogen-bond acceptors (Lipinski definition) is 3. The maximum Gasteiger partial charge on any atom is 0.238 e. The van der Waals surface area contributed by atoms with Gasteiger partial charge in [0.15, 0.2) is 0 Å². The maximum absolute atomic E-state index is 12.4. The summed E-state index contributed by atoms with van der Waals surface area (Å²) in [5, 5.41) is 13.6. The summed E-state index contributed by atoms with van der Waals surface area (Å²) >= 11 is 0. The van der Waals surface area contributed by atoms with Gasteiger partial charge in [-0.2, -0.15) is 0 Å². The van der Waals surface area contributed by atoms with Crippen molar-refractivity contribution in [3.63, 3.8) is 0 Å². The largest absolute Gasteiger partial charge is 0.388 e. The number of carbonyl (C=O) groups is 1. The summed E-state index contributed by atoms with van der Waals surface area (Å²) in [5.41, 5.74) is 4.08. The summed E-state index contributed by atoms with van der Waals surface area (Å²) in [4.78, 5) is 14.6. The first-order valence-electron chi connectivity index (χ1n) is 9.36. The van der Waals surface area contributed by atoms with Crippen LogP contribution in [0, 0.1) is 19.8 Å². The molecular formula is C22H28N2O2. The van der Waals surface area contributed by atoms with E-state index in [9.17, 15) is 9.90 Å². The molecule has 1 heterocycles. The molecule has 0 radical (unpaired) electrons. The van der Waals surface area contributed by atoms with Gasteiger partial charge in [-0.15, -0.1) is 0 Å². The van der Waals surface area contributed by atoms with Crippen LogP contribution in [0.15, 0.2) is 48.5 Å². The zero-order valence-corrected chi connectivity index (χ0v) is 15.6. The molecular weight excluding hydrogens is 324 g/mol. The van der Waals surface area contributed by atoms with E-state index in [4.69, 9.17) is 0 Å². The standard InChI is InChI=1S/C22H28N2O2/c1-16-7-6-8-17(2)21(16)23-20(25)15-24-13-11-19(12-14-24)22(26)18-9-4-3-5-10-18/h3-10,19,22,26H,11-15H2,1-2H3,(H,23,25). The minimum atomic E-state index is -0.415. The SMILES string of the molecule is Cc1cccc(C)c1NC(=O)CN1CCC(C(O)c2ccccc2)CC1. The van der Waals surface area contributed by atoms with Crippen LogP contribution >= 0.6 is 0 Å². The highest BCUT2D eigenvalue weighted by Gasteiger charge is 2.27. The third-order valence-electron chi connectivity index (χ3n) is 5.33. The lowest BCUT2D eigenvalue weighted by Crippen LogP contribution is -2.40. The van der Waals surface area contributed by atoms with E-state index in [-0.39, 0.29) is 11.8 Å². The monoisotopic (exact) mass is 352 g/mol. The van der Waals surface area contributed by atoms with Crippen molar-refractivity contribution in [1.29, 1.82) is 0 Å². The minimum absolute atomic E-state index is 0.0319. The summed E-state index contributed by atoms with van der Waals surface area (Å²) in [6.45, 7) is 6.11. The molecule has 0 spiro atoms. The van der Waals surface area contributed by atoms with Crippen molar-refractivity contribution in [3.8, 4) is 0 Å². The van der Waals surface area contributed by atoms with Crippen LogP contribution in [0.5, 0.6) is 0 Å². The molecule has 138 valence electrons. The van der Waals surface area contributed by atoms with E-state index in [1.165, 1.54) is 0 Å². The Labute approximate surface area is 155 Å². The Kier molecular flexibility index (Phi) is 6.07. The third kappa shape index (κ3) is 4.51. The number of nitrogens with zero attached hydrogens (tertiary/aromatic N) is 1. The van der Waals surface area contributed by atoms with Gasteiger partial charge in [-0.1, -0.05) is 48.5 Å². The molecule has 1 unspecified atom stereocenters. The molecule has 2 aromatic rings. The maximum atomic E-state index is 12.4. The Morgan fingerprint density at radius 1 is 1.08 bits per heavy atom. The second kappa shape index (κ2) is 8.47. The first-order valence-corrected chi connectivity index (χ1v) is 9.36. The summed E-state index contributed by atoms with van der Waals surface area (Å²) in [6, 6.07) is 15.9. The normalized spacial score (nSPS) is 17.0. The smallest absolute Gasteiger partial charge is 0.238 e. The van der Waals surface area contributed by atoms with Crippen molar-refractivity contribution >= 4 is 11.6 Å². The van der Waals surface area contributed by atoms with Crippen molar-refractivity contribution in [2.45, 2.75) is 32.8 Å². The lowest BCUT2D eigenvalue weighted by atomic mass is 9.87. The summed E-state index contributed by atoms with van der Waals surface area (Å²) in [6.07, 6.45) is 1.40. The van der Waals surface area contributed by atoms with E-state index in [0.717, 1.165) is 48.3 Å². The highest BCUT2D eigenvalue weighted by atomic mass is 16.3. The summed E-state index contributed by atoms with van der Waals surface area (Å²) in [7, 11) is 0. The van der Waals surface area contributed by atoms with Gasteiger partial charge in [-0.05, 0) is 62.4 Å². The first kappa shape index (κ1) is 18.6. The molecule has 0 aliphatic carbocycles. The van der Waals surface area contributed by atoms with E-state index >= 15 is 0 Å². The molecule has 0 bridgehead atoms. The lowest BCUT2D eigenvalue weighted by Gasteiger charge is -2.34. The molecule has 4 heteroatoms. The number of likely N-dealkylation sites (tertiary alicyclic amines) is 1. The number of carbonyl (C=O) groups excluding carboxylic acids is 1. The number of para-hydroxylation sites is 1. The van der Waals surface area contributed by atoms with Gasteiger partial charge >= 0.3 is 0 Å².